The van der Waals surface area contributed by atoms with Crippen LogP contribution < -0.4 is 4.90 Å². The van der Waals surface area contributed by atoms with Crippen LogP contribution in [-0.4, -0.2) is 47.7 Å². The Morgan fingerprint density at radius 3 is 2.62 bits per heavy atom. The number of hydrogen-bond donors (Lipinski definition) is 1. The van der Waals surface area contributed by atoms with Gasteiger partial charge in [-0.15, -0.1) is 0 Å². The molecule has 2 aliphatic heterocycles. The molecular formula is C20H26F2N2O2. The highest BCUT2D eigenvalue weighted by atomic mass is 19.1. The zero-order chi connectivity index (χ0) is 18.3. The molecule has 142 valence electrons. The molecular weight excluding hydrogens is 338 g/mol. The highest BCUT2D eigenvalue weighted by Gasteiger charge is 2.50. The Bertz CT molecular complexity index is 690. The Morgan fingerprint density at radius 2 is 1.85 bits per heavy atom. The van der Waals surface area contributed by atoms with Gasteiger partial charge < -0.3 is 14.9 Å². The number of piperidine rings is 1. The minimum Gasteiger partial charge on any atom is -0.393 e. The number of amides is 1. The lowest BCUT2D eigenvalue weighted by Crippen LogP contribution is -2.50. The summed E-state index contributed by atoms with van der Waals surface area (Å²) in [7, 11) is 0. The summed E-state index contributed by atoms with van der Waals surface area (Å²) in [6.45, 7) is 1.84. The lowest BCUT2D eigenvalue weighted by molar-refractivity contribution is -0.139. The van der Waals surface area contributed by atoms with E-state index in [0.717, 1.165) is 63.6 Å². The quantitative estimate of drug-likeness (QED) is 0.877. The fourth-order valence-corrected chi connectivity index (χ4v) is 5.01. The van der Waals surface area contributed by atoms with Crippen LogP contribution in [0.25, 0.3) is 0 Å². The topological polar surface area (TPSA) is 43.8 Å². The van der Waals surface area contributed by atoms with E-state index in [1.807, 2.05) is 9.80 Å². The average molecular weight is 364 g/mol. The van der Waals surface area contributed by atoms with Crippen molar-refractivity contribution in [3.63, 3.8) is 0 Å². The molecule has 3 fully saturated rings. The monoisotopic (exact) mass is 364 g/mol. The lowest BCUT2D eigenvalue weighted by Gasteiger charge is -2.41. The van der Waals surface area contributed by atoms with Gasteiger partial charge in [0.1, 0.15) is 11.6 Å². The number of rotatable bonds is 2. The number of benzene rings is 1. The first-order valence-corrected chi connectivity index (χ1v) is 9.68. The third kappa shape index (κ3) is 3.08. The molecule has 1 aliphatic carbocycles. The summed E-state index contributed by atoms with van der Waals surface area (Å²) in [4.78, 5) is 17.1. The summed E-state index contributed by atoms with van der Waals surface area (Å²) in [5.74, 6) is -0.728. The molecule has 1 amide bonds. The molecule has 0 unspecified atom stereocenters. The van der Waals surface area contributed by atoms with Gasteiger partial charge in [0, 0.05) is 31.7 Å². The molecule has 4 nitrogen and oxygen atoms in total. The largest absolute Gasteiger partial charge is 0.393 e. The number of carbonyl (C=O) groups is 1. The smallest absolute Gasteiger partial charge is 0.230 e. The van der Waals surface area contributed by atoms with E-state index in [4.69, 9.17) is 0 Å². The van der Waals surface area contributed by atoms with Gasteiger partial charge in [0.15, 0.2) is 0 Å². The van der Waals surface area contributed by atoms with Crippen molar-refractivity contribution < 1.29 is 18.7 Å². The molecule has 0 radical (unpaired) electrons. The van der Waals surface area contributed by atoms with Crippen molar-refractivity contribution in [2.45, 2.75) is 57.1 Å². The highest BCUT2D eigenvalue weighted by molar-refractivity contribution is 5.86. The minimum absolute atomic E-state index is 0.167. The van der Waals surface area contributed by atoms with Crippen LogP contribution in [0.15, 0.2) is 18.2 Å². The van der Waals surface area contributed by atoms with Crippen LogP contribution in [-0.2, 0) is 4.79 Å². The van der Waals surface area contributed by atoms with Gasteiger partial charge in [0.05, 0.1) is 17.2 Å². The molecule has 26 heavy (non-hydrogen) atoms. The molecule has 1 N–H and O–H groups in total. The normalized spacial score (nSPS) is 32.5. The van der Waals surface area contributed by atoms with E-state index < -0.39 is 17.0 Å². The van der Waals surface area contributed by atoms with Crippen molar-refractivity contribution in [3.8, 4) is 0 Å². The van der Waals surface area contributed by atoms with Crippen LogP contribution in [0, 0.1) is 17.0 Å². The Balaban J connectivity index is 1.51. The van der Waals surface area contributed by atoms with E-state index in [2.05, 4.69) is 0 Å². The molecule has 1 spiro atoms. The van der Waals surface area contributed by atoms with Crippen molar-refractivity contribution in [1.82, 2.24) is 4.90 Å². The molecule has 4 rings (SSSR count). The van der Waals surface area contributed by atoms with Crippen LogP contribution in [0.3, 0.4) is 0 Å². The number of likely N-dealkylation sites (tertiary alicyclic amines) is 1. The number of halogens is 2. The van der Waals surface area contributed by atoms with Gasteiger partial charge >= 0.3 is 0 Å². The number of anilines is 1. The van der Waals surface area contributed by atoms with Gasteiger partial charge in [0.2, 0.25) is 5.91 Å². The molecule has 0 bridgehead atoms. The van der Waals surface area contributed by atoms with Crippen LogP contribution in [0.4, 0.5) is 14.5 Å². The van der Waals surface area contributed by atoms with E-state index in [1.165, 1.54) is 6.07 Å². The molecule has 6 heteroatoms. The van der Waals surface area contributed by atoms with Crippen LogP contribution >= 0.6 is 0 Å². The molecule has 2 saturated heterocycles. The van der Waals surface area contributed by atoms with Crippen molar-refractivity contribution in [1.29, 1.82) is 0 Å². The minimum atomic E-state index is -0.479. The molecule has 0 aromatic heterocycles. The predicted octanol–water partition coefficient (Wildman–Crippen LogP) is 3.09. The van der Waals surface area contributed by atoms with Crippen LogP contribution in [0.2, 0.25) is 0 Å². The molecule has 2 heterocycles. The Hall–Kier alpha value is -1.69. The van der Waals surface area contributed by atoms with E-state index in [-0.39, 0.29) is 23.7 Å². The summed E-state index contributed by atoms with van der Waals surface area (Å²) in [6, 6.07) is 3.72. The summed E-state index contributed by atoms with van der Waals surface area (Å²) < 4.78 is 27.8. The first-order chi connectivity index (χ1) is 12.5. The van der Waals surface area contributed by atoms with Crippen molar-refractivity contribution in [3.05, 3.63) is 29.8 Å². The van der Waals surface area contributed by atoms with Gasteiger partial charge in [-0.2, -0.15) is 0 Å². The average Bonchev–Trinajstić information content (AvgIpc) is 2.94. The number of aliphatic hydroxyl groups is 1. The fraction of sp³-hybridized carbons (Fsp3) is 0.650. The Morgan fingerprint density at radius 1 is 1.08 bits per heavy atom. The van der Waals surface area contributed by atoms with Gasteiger partial charge in [-0.1, -0.05) is 0 Å². The van der Waals surface area contributed by atoms with E-state index in [0.29, 0.717) is 13.1 Å². The van der Waals surface area contributed by atoms with Gasteiger partial charge in [0.25, 0.3) is 0 Å². The maximum absolute atomic E-state index is 14.2. The summed E-state index contributed by atoms with van der Waals surface area (Å²) in [5, 5.41) is 9.71. The maximum Gasteiger partial charge on any atom is 0.230 e. The molecule has 1 aromatic rings. The van der Waals surface area contributed by atoms with E-state index in [9.17, 15) is 18.7 Å². The lowest BCUT2D eigenvalue weighted by atomic mass is 9.78. The van der Waals surface area contributed by atoms with Crippen LogP contribution in [0.1, 0.15) is 44.9 Å². The highest BCUT2D eigenvalue weighted by Crippen LogP contribution is 2.43. The zero-order valence-corrected chi connectivity index (χ0v) is 15.0. The van der Waals surface area contributed by atoms with Gasteiger partial charge in [-0.05, 0) is 57.1 Å². The predicted molar refractivity (Wildman–Crippen MR) is 94.8 cm³/mol. The zero-order valence-electron chi connectivity index (χ0n) is 15.0. The third-order valence-corrected chi connectivity index (χ3v) is 6.48. The summed E-state index contributed by atoms with van der Waals surface area (Å²) in [5.41, 5.74) is -0.219. The third-order valence-electron chi connectivity index (χ3n) is 6.48. The number of nitrogens with zero attached hydrogens (tertiary/aromatic N) is 2. The number of hydrogen-bond acceptors (Lipinski definition) is 3. The van der Waals surface area contributed by atoms with Crippen molar-refractivity contribution >= 4 is 11.6 Å². The second-order valence-electron chi connectivity index (χ2n) is 8.11. The fourth-order valence-electron chi connectivity index (χ4n) is 5.01. The van der Waals surface area contributed by atoms with E-state index in [1.54, 1.807) is 0 Å². The van der Waals surface area contributed by atoms with Gasteiger partial charge in [-0.3, -0.25) is 4.79 Å². The Labute approximate surface area is 152 Å². The molecule has 1 atom stereocenters. The maximum atomic E-state index is 14.2. The number of carbonyl (C=O) groups excluding carboxylic acids is 1. The molecule has 3 aliphatic rings. The van der Waals surface area contributed by atoms with Crippen molar-refractivity contribution in [2.24, 2.45) is 5.41 Å². The number of aliphatic hydroxyl groups excluding tert-OH is 1. The summed E-state index contributed by atoms with van der Waals surface area (Å²) in [6.07, 6.45) is 5.36. The Kier molecular flexibility index (Phi) is 4.63. The molecule has 1 aromatic carbocycles. The SMILES string of the molecule is O=C1N(C2CCC(O)CC2)CC[C@]12CCCN(c1cc(F)ccc1F)C2. The van der Waals surface area contributed by atoms with Gasteiger partial charge in [-0.25, -0.2) is 8.78 Å². The van der Waals surface area contributed by atoms with Crippen LogP contribution in [0.5, 0.6) is 0 Å². The first kappa shape index (κ1) is 17.7. The summed E-state index contributed by atoms with van der Waals surface area (Å²) >= 11 is 0. The van der Waals surface area contributed by atoms with E-state index >= 15 is 0 Å². The second-order valence-corrected chi connectivity index (χ2v) is 8.11. The molecule has 1 saturated carbocycles. The standard InChI is InChI=1S/C20H26F2N2O2/c21-14-2-7-17(22)18(12-14)23-10-1-8-20(13-23)9-11-24(19(20)26)15-3-5-16(25)6-4-15/h2,7,12,15-16,25H,1,3-6,8-11,13H2/t15?,16?,20-/m0/s1. The first-order valence-electron chi connectivity index (χ1n) is 9.68. The van der Waals surface area contributed by atoms with Crippen molar-refractivity contribution in [2.75, 3.05) is 24.5 Å². The second kappa shape index (κ2) is 6.80.